The van der Waals surface area contributed by atoms with Gasteiger partial charge >= 0.3 is 0 Å². The molecule has 5 amide bonds. The van der Waals surface area contributed by atoms with Gasteiger partial charge in [-0.05, 0) is 61.8 Å². The number of hydrogen-bond acceptors (Lipinski definition) is 14. The number of likely N-dealkylation sites (tertiary alicyclic amines) is 1. The van der Waals surface area contributed by atoms with Crippen LogP contribution in [0.15, 0.2) is 60.2 Å². The molecular weight excluding hydrogens is 962 g/mol. The maximum absolute atomic E-state index is 14.0. The number of anilines is 4. The standard InChI is InChI=1S/C51H64ClN11O6S2/c1-31-13-12-14-37(52)44(31)60-48(68)39-28-54-50(71-39)58-40-26-41(57-33(3)56-40)61-21-23-62(24-22-61)43(66)16-11-9-7-8-10-15-42(65)59-46(51(4,5)6)49(69)63-29-36(64)25-38(63)47(67)53-27-34-17-19-35(20-18-34)45-32(2)55-30-70-45/h12-14,17-20,26,28,30,36,38,46,64H,7-11,15-16,21-25,27,29H2,1-6H3,(H,53,67)(H,59,65)(H,60,68)(H,54,56,57,58). The first-order valence-corrected chi connectivity index (χ1v) is 26.2. The number of aryl methyl sites for hydroxylation is 3. The van der Waals surface area contributed by atoms with Crippen molar-refractivity contribution in [3.63, 3.8) is 0 Å². The van der Waals surface area contributed by atoms with Gasteiger partial charge in [-0.2, -0.15) is 0 Å². The van der Waals surface area contributed by atoms with Gasteiger partial charge in [0.15, 0.2) is 5.13 Å². The zero-order chi connectivity index (χ0) is 50.8. The van der Waals surface area contributed by atoms with Gasteiger partial charge in [-0.25, -0.2) is 19.9 Å². The zero-order valence-electron chi connectivity index (χ0n) is 41.2. The summed E-state index contributed by atoms with van der Waals surface area (Å²) in [4.78, 5) is 91.7. The van der Waals surface area contributed by atoms with Crippen LogP contribution in [0.1, 0.15) is 104 Å². The number of hydrogen-bond donors (Lipinski definition) is 5. The molecule has 2 aliphatic rings. The average molecular weight is 1030 g/mol. The molecule has 5 aromatic rings. The lowest BCUT2D eigenvalue weighted by atomic mass is 9.85. The van der Waals surface area contributed by atoms with Crippen LogP contribution in [0.2, 0.25) is 5.02 Å². The molecule has 17 nitrogen and oxygen atoms in total. The average Bonchev–Trinajstić information content (AvgIpc) is 4.10. The summed E-state index contributed by atoms with van der Waals surface area (Å²) in [5.74, 6) is 0.692. The fourth-order valence-corrected chi connectivity index (χ4v) is 10.5. The second-order valence-corrected chi connectivity index (χ2v) is 21.6. The van der Waals surface area contributed by atoms with Crippen LogP contribution in [0, 0.1) is 26.2 Å². The number of rotatable bonds is 19. The van der Waals surface area contributed by atoms with E-state index in [1.807, 2.05) is 94.4 Å². The molecule has 2 aromatic carbocycles. The third-order valence-corrected chi connectivity index (χ3v) is 14.9. The number of para-hydroxylation sites is 1. The minimum atomic E-state index is -0.887. The fraction of sp³-hybridized carbons (Fsp3) is 0.471. The topological polar surface area (TPSA) is 215 Å². The van der Waals surface area contributed by atoms with E-state index in [1.165, 1.54) is 22.4 Å². The normalized spacial score (nSPS) is 16.4. The molecule has 0 radical (unpaired) electrons. The highest BCUT2D eigenvalue weighted by Gasteiger charge is 2.44. The number of nitrogens with zero attached hydrogens (tertiary/aromatic N) is 7. The summed E-state index contributed by atoms with van der Waals surface area (Å²) in [6, 6.07) is 13.4. The van der Waals surface area contributed by atoms with Crippen LogP contribution >= 0.6 is 34.3 Å². The van der Waals surface area contributed by atoms with Gasteiger partial charge in [-0.3, -0.25) is 24.0 Å². The molecule has 2 aliphatic heterocycles. The number of nitrogens with one attached hydrogen (secondary N) is 4. The number of aliphatic hydroxyl groups is 1. The molecule has 0 saturated carbocycles. The molecule has 2 fully saturated rings. The molecule has 3 atom stereocenters. The number of unbranched alkanes of at least 4 members (excludes halogenated alkanes) is 4. The van der Waals surface area contributed by atoms with Crippen LogP contribution in [-0.2, 0) is 25.7 Å². The van der Waals surface area contributed by atoms with Crippen LogP contribution in [0.25, 0.3) is 10.4 Å². The minimum Gasteiger partial charge on any atom is -0.391 e. The van der Waals surface area contributed by atoms with Crippen LogP contribution in [0.3, 0.4) is 0 Å². The van der Waals surface area contributed by atoms with Crippen LogP contribution in [0.4, 0.5) is 22.5 Å². The number of carbonyl (C=O) groups is 5. The Kier molecular flexibility index (Phi) is 17.8. The van der Waals surface area contributed by atoms with Crippen molar-refractivity contribution in [2.24, 2.45) is 5.41 Å². The fourth-order valence-electron chi connectivity index (χ4n) is 8.74. The van der Waals surface area contributed by atoms with E-state index in [4.69, 9.17) is 11.6 Å². The Morgan fingerprint density at radius 2 is 1.62 bits per heavy atom. The third kappa shape index (κ3) is 14.1. The smallest absolute Gasteiger partial charge is 0.267 e. The lowest BCUT2D eigenvalue weighted by molar-refractivity contribution is -0.144. The molecule has 0 bridgehead atoms. The Bertz CT molecular complexity index is 2660. The van der Waals surface area contributed by atoms with Crippen LogP contribution < -0.4 is 26.2 Å². The Morgan fingerprint density at radius 1 is 0.901 bits per heavy atom. The second kappa shape index (κ2) is 23.9. The third-order valence-electron chi connectivity index (χ3n) is 12.7. The molecule has 20 heteroatoms. The van der Waals surface area contributed by atoms with Crippen LogP contribution in [-0.4, -0.2) is 115 Å². The van der Waals surface area contributed by atoms with Gasteiger partial charge in [0, 0.05) is 64.6 Å². The number of carbonyl (C=O) groups excluding carboxylic acids is 5. The van der Waals surface area contributed by atoms with Crippen molar-refractivity contribution in [2.45, 2.75) is 118 Å². The highest BCUT2D eigenvalue weighted by Crippen LogP contribution is 2.31. The van der Waals surface area contributed by atoms with E-state index in [1.54, 1.807) is 17.4 Å². The summed E-state index contributed by atoms with van der Waals surface area (Å²) in [7, 11) is 0. The van der Waals surface area contributed by atoms with Crippen molar-refractivity contribution in [2.75, 3.05) is 48.3 Å². The lowest BCUT2D eigenvalue weighted by Gasteiger charge is -2.35. The van der Waals surface area contributed by atoms with Crippen LogP contribution in [0.5, 0.6) is 0 Å². The molecule has 5 heterocycles. The van der Waals surface area contributed by atoms with Crippen molar-refractivity contribution in [1.29, 1.82) is 0 Å². The number of aliphatic hydroxyl groups excluding tert-OH is 1. The number of benzene rings is 2. The molecule has 378 valence electrons. The molecule has 2 saturated heterocycles. The number of β-amino-alcohol motifs (C(OH)–C–C–N with tert-alkyl or cyclic N) is 1. The Hall–Kier alpha value is -6.02. The van der Waals surface area contributed by atoms with Gasteiger partial charge < -0.3 is 41.1 Å². The maximum Gasteiger partial charge on any atom is 0.267 e. The van der Waals surface area contributed by atoms with Gasteiger partial charge in [0.2, 0.25) is 23.6 Å². The van der Waals surface area contributed by atoms with E-state index in [-0.39, 0.29) is 55.5 Å². The quantitative estimate of drug-likeness (QED) is 0.0501. The maximum atomic E-state index is 14.0. The molecule has 7 rings (SSSR count). The van der Waals surface area contributed by atoms with E-state index in [0.29, 0.717) is 71.4 Å². The second-order valence-electron chi connectivity index (χ2n) is 19.3. The summed E-state index contributed by atoms with van der Waals surface area (Å²) in [6.07, 6.45) is 5.39. The summed E-state index contributed by atoms with van der Waals surface area (Å²) >= 11 is 9.08. The van der Waals surface area contributed by atoms with E-state index >= 15 is 0 Å². The van der Waals surface area contributed by atoms with Crippen molar-refractivity contribution in [3.8, 4) is 10.4 Å². The lowest BCUT2D eigenvalue weighted by Crippen LogP contribution is -2.57. The number of aromatic nitrogens is 4. The van der Waals surface area contributed by atoms with Crippen molar-refractivity contribution >= 4 is 86.3 Å². The Balaban J connectivity index is 0.790. The summed E-state index contributed by atoms with van der Waals surface area (Å²) in [6.45, 7) is 14.0. The SMILES string of the molecule is Cc1nc(Nc2ncc(C(=O)Nc3c(C)cccc3Cl)s2)cc(N2CCN(C(=O)CCCCCCCC(=O)NC(C(=O)N3CC(O)CC3C(=O)NCc3ccc(-c4scnc4C)cc3)C(C)(C)C)CC2)n1. The molecule has 71 heavy (non-hydrogen) atoms. The minimum absolute atomic E-state index is 0.0108. The summed E-state index contributed by atoms with van der Waals surface area (Å²) < 4.78 is 0. The number of piperazine rings is 1. The predicted octanol–water partition coefficient (Wildman–Crippen LogP) is 7.82. The Labute approximate surface area is 428 Å². The van der Waals surface area contributed by atoms with E-state index in [0.717, 1.165) is 58.8 Å². The van der Waals surface area contributed by atoms with E-state index in [9.17, 15) is 29.1 Å². The number of halogens is 1. The van der Waals surface area contributed by atoms with E-state index < -0.39 is 23.6 Å². The highest BCUT2D eigenvalue weighted by atomic mass is 35.5. The summed E-state index contributed by atoms with van der Waals surface area (Å²) in [5.41, 5.74) is 5.51. The first-order chi connectivity index (χ1) is 33.9. The van der Waals surface area contributed by atoms with Gasteiger partial charge in [0.1, 0.15) is 34.4 Å². The zero-order valence-corrected chi connectivity index (χ0v) is 43.6. The number of thiazole rings is 2. The molecule has 3 aromatic heterocycles. The van der Waals surface area contributed by atoms with Crippen molar-refractivity contribution in [3.05, 3.63) is 92.8 Å². The van der Waals surface area contributed by atoms with Gasteiger partial charge in [0.25, 0.3) is 5.91 Å². The van der Waals surface area contributed by atoms with Gasteiger partial charge in [-0.1, -0.05) is 99.4 Å². The van der Waals surface area contributed by atoms with Gasteiger partial charge in [0.05, 0.1) is 39.1 Å². The first kappa shape index (κ1) is 52.8. The predicted molar refractivity (Wildman–Crippen MR) is 279 cm³/mol. The molecule has 3 unspecified atom stereocenters. The Morgan fingerprint density at radius 3 is 2.31 bits per heavy atom. The molecule has 5 N–H and O–H groups in total. The number of amides is 5. The van der Waals surface area contributed by atoms with Gasteiger partial charge in [-0.15, -0.1) is 11.3 Å². The first-order valence-electron chi connectivity index (χ1n) is 24.2. The van der Waals surface area contributed by atoms with Crippen molar-refractivity contribution < 1.29 is 29.1 Å². The van der Waals surface area contributed by atoms with E-state index in [2.05, 4.69) is 46.1 Å². The monoisotopic (exact) mass is 1030 g/mol. The summed E-state index contributed by atoms with van der Waals surface area (Å²) in [5, 5.41) is 23.6. The highest BCUT2D eigenvalue weighted by molar-refractivity contribution is 7.17. The molecule has 0 spiro atoms. The van der Waals surface area contributed by atoms with Crippen molar-refractivity contribution in [1.82, 2.24) is 40.4 Å². The molecular formula is C51H64ClN11O6S2. The molecule has 0 aliphatic carbocycles. The largest absolute Gasteiger partial charge is 0.391 e.